The molecular weight excluding hydrogens is 408 g/mol. The Morgan fingerprint density at radius 2 is 1.77 bits per heavy atom. The van der Waals surface area contributed by atoms with Gasteiger partial charge in [-0.2, -0.15) is 0 Å². The van der Waals surface area contributed by atoms with Gasteiger partial charge in [-0.15, -0.1) is 11.3 Å². The molecule has 6 nitrogen and oxygen atoms in total. The minimum absolute atomic E-state index is 0.0683. The van der Waals surface area contributed by atoms with Gasteiger partial charge in [0.15, 0.2) is 4.96 Å². The van der Waals surface area contributed by atoms with Gasteiger partial charge in [0.2, 0.25) is 0 Å². The van der Waals surface area contributed by atoms with E-state index < -0.39 is 0 Å². The highest BCUT2D eigenvalue weighted by molar-refractivity contribution is 7.15. The number of thiazole rings is 1. The number of anilines is 1. The Hall–Kier alpha value is -3.45. The number of likely N-dealkylation sites (tertiary alicyclic amines) is 1. The summed E-state index contributed by atoms with van der Waals surface area (Å²) in [6.45, 7) is 1.64. The molecule has 0 spiro atoms. The fourth-order valence-electron chi connectivity index (χ4n) is 3.88. The third-order valence-electron chi connectivity index (χ3n) is 5.52. The average Bonchev–Trinajstić information content (AvgIpc) is 3.41. The van der Waals surface area contributed by atoms with Gasteiger partial charge in [0.25, 0.3) is 11.8 Å². The average molecular weight is 431 g/mol. The van der Waals surface area contributed by atoms with Gasteiger partial charge >= 0.3 is 0 Å². The molecule has 1 saturated heterocycles. The van der Waals surface area contributed by atoms with Gasteiger partial charge in [0.1, 0.15) is 5.69 Å². The Balaban J connectivity index is 1.40. The van der Waals surface area contributed by atoms with Crippen LogP contribution in [-0.2, 0) is 0 Å². The van der Waals surface area contributed by atoms with E-state index in [9.17, 15) is 9.59 Å². The number of aromatic nitrogens is 2. The summed E-state index contributed by atoms with van der Waals surface area (Å²) < 4.78 is 1.88. The quantitative estimate of drug-likeness (QED) is 0.499. The molecule has 0 bridgehead atoms. The first-order chi connectivity index (χ1) is 15.2. The van der Waals surface area contributed by atoms with Crippen LogP contribution in [-0.4, -0.2) is 39.2 Å². The van der Waals surface area contributed by atoms with Gasteiger partial charge < -0.3 is 10.2 Å². The zero-order valence-electron chi connectivity index (χ0n) is 17.0. The lowest BCUT2D eigenvalue weighted by Crippen LogP contribution is -2.36. The number of fused-ring (bicyclic) bond motifs is 1. The summed E-state index contributed by atoms with van der Waals surface area (Å²) >= 11 is 1.47. The molecule has 1 N–H and O–H groups in total. The van der Waals surface area contributed by atoms with Gasteiger partial charge in [-0.05, 0) is 43.5 Å². The molecule has 5 rings (SSSR count). The second-order valence-corrected chi connectivity index (χ2v) is 8.49. The number of carbonyl (C=O) groups is 2. The highest BCUT2D eigenvalue weighted by Crippen LogP contribution is 2.27. The summed E-state index contributed by atoms with van der Waals surface area (Å²) in [6.07, 6.45) is 5.22. The van der Waals surface area contributed by atoms with Gasteiger partial charge in [0, 0.05) is 41.5 Å². The number of rotatable bonds is 4. The Bertz CT molecular complexity index is 1240. The third-order valence-corrected chi connectivity index (χ3v) is 6.36. The van der Waals surface area contributed by atoms with Crippen LogP contribution in [0.2, 0.25) is 0 Å². The van der Waals surface area contributed by atoms with Crippen molar-refractivity contribution in [2.75, 3.05) is 18.4 Å². The summed E-state index contributed by atoms with van der Waals surface area (Å²) in [5.41, 5.74) is 3.63. The van der Waals surface area contributed by atoms with Crippen molar-refractivity contribution in [1.82, 2.24) is 14.3 Å². The first-order valence-corrected chi connectivity index (χ1v) is 11.3. The molecule has 0 radical (unpaired) electrons. The number of imidazole rings is 1. The van der Waals surface area contributed by atoms with E-state index in [0.29, 0.717) is 16.9 Å². The zero-order valence-corrected chi connectivity index (χ0v) is 17.8. The van der Waals surface area contributed by atoms with Gasteiger partial charge in [0.05, 0.1) is 5.69 Å². The van der Waals surface area contributed by atoms with Gasteiger partial charge in [-0.1, -0.05) is 30.3 Å². The van der Waals surface area contributed by atoms with Crippen LogP contribution >= 0.6 is 11.3 Å². The molecule has 2 aromatic heterocycles. The van der Waals surface area contributed by atoms with Crippen LogP contribution in [0.4, 0.5) is 5.69 Å². The molecule has 1 fully saturated rings. The van der Waals surface area contributed by atoms with E-state index in [0.717, 1.165) is 42.1 Å². The van der Waals surface area contributed by atoms with Crippen molar-refractivity contribution in [3.63, 3.8) is 0 Å². The minimum Gasteiger partial charge on any atom is -0.337 e. The van der Waals surface area contributed by atoms with Crippen molar-refractivity contribution in [1.29, 1.82) is 0 Å². The predicted octanol–water partition coefficient (Wildman–Crippen LogP) is 4.94. The topological polar surface area (TPSA) is 66.7 Å². The Kier molecular flexibility index (Phi) is 5.26. The highest BCUT2D eigenvalue weighted by Gasteiger charge is 2.22. The van der Waals surface area contributed by atoms with Gasteiger partial charge in [-0.25, -0.2) is 4.98 Å². The maximum absolute atomic E-state index is 13.0. The van der Waals surface area contributed by atoms with Crippen LogP contribution in [0, 0.1) is 0 Å². The number of benzene rings is 2. The Morgan fingerprint density at radius 3 is 2.58 bits per heavy atom. The van der Waals surface area contributed by atoms with E-state index in [-0.39, 0.29) is 11.8 Å². The molecule has 7 heteroatoms. The van der Waals surface area contributed by atoms with Crippen LogP contribution in [0.15, 0.2) is 66.2 Å². The molecule has 3 heterocycles. The molecule has 156 valence electrons. The molecule has 0 atom stereocenters. The minimum atomic E-state index is -0.155. The predicted molar refractivity (Wildman–Crippen MR) is 123 cm³/mol. The molecule has 2 amide bonds. The second-order valence-electron chi connectivity index (χ2n) is 7.65. The number of hydrogen-bond donors (Lipinski definition) is 1. The lowest BCUT2D eigenvalue weighted by molar-refractivity contribution is 0.0717. The van der Waals surface area contributed by atoms with Crippen LogP contribution in [0.1, 0.15) is 40.1 Å². The summed E-state index contributed by atoms with van der Waals surface area (Å²) in [7, 11) is 0. The number of nitrogens with one attached hydrogen (secondary N) is 1. The normalized spacial score (nSPS) is 14.0. The van der Waals surface area contributed by atoms with Crippen molar-refractivity contribution >= 4 is 33.8 Å². The van der Waals surface area contributed by atoms with E-state index >= 15 is 0 Å². The monoisotopic (exact) mass is 430 g/mol. The fourth-order valence-corrected chi connectivity index (χ4v) is 4.73. The maximum Gasteiger partial charge on any atom is 0.271 e. The smallest absolute Gasteiger partial charge is 0.271 e. The van der Waals surface area contributed by atoms with E-state index in [4.69, 9.17) is 4.98 Å². The number of amides is 2. The van der Waals surface area contributed by atoms with Crippen molar-refractivity contribution < 1.29 is 9.59 Å². The lowest BCUT2D eigenvalue weighted by Gasteiger charge is -2.26. The fraction of sp³-hybridized carbons (Fsp3) is 0.208. The van der Waals surface area contributed by atoms with Crippen LogP contribution in [0.5, 0.6) is 0 Å². The maximum atomic E-state index is 13.0. The second kappa shape index (κ2) is 8.35. The van der Waals surface area contributed by atoms with Crippen molar-refractivity contribution in [3.8, 4) is 11.3 Å². The van der Waals surface area contributed by atoms with E-state index in [1.54, 1.807) is 12.1 Å². The molecule has 1 aliphatic heterocycles. The summed E-state index contributed by atoms with van der Waals surface area (Å²) in [6, 6.07) is 16.7. The molecule has 0 saturated carbocycles. The summed E-state index contributed by atoms with van der Waals surface area (Å²) in [4.78, 5) is 32.9. The Labute approximate surface area is 184 Å². The first-order valence-electron chi connectivity index (χ1n) is 10.4. The molecule has 2 aromatic carbocycles. The van der Waals surface area contributed by atoms with E-state index in [2.05, 4.69) is 5.32 Å². The number of piperidine rings is 1. The molecular formula is C24H22N4O2S. The number of nitrogens with zero attached hydrogens (tertiary/aromatic N) is 3. The molecule has 31 heavy (non-hydrogen) atoms. The van der Waals surface area contributed by atoms with Crippen molar-refractivity contribution in [2.24, 2.45) is 0 Å². The summed E-state index contributed by atoms with van der Waals surface area (Å²) in [5.74, 6) is -0.0863. The summed E-state index contributed by atoms with van der Waals surface area (Å²) in [5, 5.41) is 4.83. The largest absolute Gasteiger partial charge is 0.337 e. The van der Waals surface area contributed by atoms with Crippen molar-refractivity contribution in [3.05, 3.63) is 77.4 Å². The Morgan fingerprint density at radius 1 is 0.968 bits per heavy atom. The zero-order chi connectivity index (χ0) is 21.2. The molecule has 0 unspecified atom stereocenters. The van der Waals surface area contributed by atoms with Crippen molar-refractivity contribution in [2.45, 2.75) is 19.3 Å². The SMILES string of the molecule is O=C(Nc1cccc(-c2cn3c(C(=O)N4CCCCC4)csc3n2)c1)c1ccccc1. The molecule has 4 aromatic rings. The van der Waals surface area contributed by atoms with E-state index in [1.807, 2.05) is 63.3 Å². The first kappa shape index (κ1) is 19.5. The standard InChI is InChI=1S/C24H22N4O2S/c29-22(17-8-3-1-4-9-17)25-19-11-7-10-18(14-19)20-15-28-21(16-31-24(28)26-20)23(30)27-12-5-2-6-13-27/h1,3-4,7-11,14-16H,2,5-6,12-13H2,(H,25,29). The van der Waals surface area contributed by atoms with Crippen LogP contribution in [0.25, 0.3) is 16.2 Å². The van der Waals surface area contributed by atoms with E-state index in [1.165, 1.54) is 17.8 Å². The molecule has 1 aliphatic rings. The van der Waals surface area contributed by atoms with Crippen LogP contribution < -0.4 is 5.32 Å². The number of hydrogen-bond acceptors (Lipinski definition) is 4. The van der Waals surface area contributed by atoms with Gasteiger partial charge in [-0.3, -0.25) is 14.0 Å². The highest BCUT2D eigenvalue weighted by atomic mass is 32.1. The lowest BCUT2D eigenvalue weighted by atomic mass is 10.1. The number of carbonyl (C=O) groups excluding carboxylic acids is 2. The van der Waals surface area contributed by atoms with Crippen LogP contribution in [0.3, 0.4) is 0 Å². The third kappa shape index (κ3) is 3.96. The molecule has 0 aliphatic carbocycles.